The van der Waals surface area contributed by atoms with Crippen molar-refractivity contribution in [2.75, 3.05) is 30.1 Å². The maximum absolute atomic E-state index is 13.5. The number of halogens is 1. The van der Waals surface area contributed by atoms with Crippen LogP contribution >= 0.6 is 34.7 Å². The maximum Gasteiger partial charge on any atom is 0.246 e. The molecule has 1 N–H and O–H groups in total. The summed E-state index contributed by atoms with van der Waals surface area (Å²) < 4.78 is 0. The van der Waals surface area contributed by atoms with Gasteiger partial charge in [0.05, 0.1) is 18.0 Å². The van der Waals surface area contributed by atoms with Gasteiger partial charge >= 0.3 is 0 Å². The third-order valence-corrected chi connectivity index (χ3v) is 8.02. The second-order valence-electron chi connectivity index (χ2n) is 9.48. The number of carbonyl (C=O) groups is 2. The predicted molar refractivity (Wildman–Crippen MR) is 164 cm³/mol. The van der Waals surface area contributed by atoms with E-state index in [-0.39, 0.29) is 24.1 Å². The lowest BCUT2D eigenvalue weighted by atomic mass is 10.2. The normalized spacial score (nSPS) is 11.7. The summed E-state index contributed by atoms with van der Waals surface area (Å²) in [7, 11) is 3.91. The van der Waals surface area contributed by atoms with Crippen molar-refractivity contribution in [1.82, 2.24) is 19.9 Å². The van der Waals surface area contributed by atoms with E-state index in [2.05, 4.69) is 15.3 Å². The van der Waals surface area contributed by atoms with E-state index in [1.165, 1.54) is 23.1 Å². The van der Waals surface area contributed by atoms with Gasteiger partial charge in [0.1, 0.15) is 11.0 Å². The number of nitrogens with one attached hydrogen (secondary N) is 1. The van der Waals surface area contributed by atoms with Gasteiger partial charge in [0, 0.05) is 52.8 Å². The molecule has 11 heteroatoms. The van der Waals surface area contributed by atoms with Crippen LogP contribution in [0.3, 0.4) is 0 Å². The summed E-state index contributed by atoms with van der Waals surface area (Å²) >= 11 is 8.73. The average molecular weight is 595 g/mol. The number of aryl methyl sites for hydroxylation is 2. The molecule has 0 spiro atoms. The number of thiazole rings is 1. The fourth-order valence-electron chi connectivity index (χ4n) is 3.92. The summed E-state index contributed by atoms with van der Waals surface area (Å²) in [6.45, 7) is 5.71. The largest absolute Gasteiger partial charge is 0.378 e. The minimum atomic E-state index is -0.746. The van der Waals surface area contributed by atoms with E-state index in [4.69, 9.17) is 16.6 Å². The van der Waals surface area contributed by atoms with E-state index in [0.717, 1.165) is 33.3 Å². The van der Waals surface area contributed by atoms with Gasteiger partial charge in [0.25, 0.3) is 0 Å². The van der Waals surface area contributed by atoms with E-state index in [1.807, 2.05) is 92.8 Å². The predicted octanol–water partition coefficient (Wildman–Crippen LogP) is 6.08. The number of nitrogens with zero attached hydrogens (tertiary/aromatic N) is 5. The second-order valence-corrected chi connectivity index (χ2v) is 11.8. The lowest BCUT2D eigenvalue weighted by molar-refractivity contribution is -0.136. The third kappa shape index (κ3) is 7.80. The van der Waals surface area contributed by atoms with Crippen LogP contribution in [-0.2, 0) is 16.1 Å². The number of thioether (sulfide) groups is 1. The number of hydrogen-bond donors (Lipinski definition) is 1. The van der Waals surface area contributed by atoms with Gasteiger partial charge in [-0.15, -0.1) is 11.3 Å². The summed E-state index contributed by atoms with van der Waals surface area (Å²) in [5.74, 6) is -0.400. The Morgan fingerprint density at radius 1 is 1.00 bits per heavy atom. The van der Waals surface area contributed by atoms with Crippen molar-refractivity contribution in [2.45, 2.75) is 38.5 Å². The third-order valence-electron chi connectivity index (χ3n) is 6.10. The van der Waals surface area contributed by atoms with E-state index in [0.29, 0.717) is 15.9 Å². The van der Waals surface area contributed by atoms with Crippen molar-refractivity contribution >= 4 is 57.9 Å². The first-order chi connectivity index (χ1) is 19.1. The number of benzene rings is 2. The van der Waals surface area contributed by atoms with Crippen molar-refractivity contribution in [2.24, 2.45) is 0 Å². The molecule has 0 aliphatic carbocycles. The zero-order valence-corrected chi connectivity index (χ0v) is 25.4. The van der Waals surface area contributed by atoms with Crippen LogP contribution in [0.1, 0.15) is 23.3 Å². The van der Waals surface area contributed by atoms with Crippen LogP contribution in [0.5, 0.6) is 0 Å². The zero-order chi connectivity index (χ0) is 28.8. The molecule has 0 radical (unpaired) electrons. The number of aromatic nitrogens is 3. The Morgan fingerprint density at radius 2 is 1.65 bits per heavy atom. The summed E-state index contributed by atoms with van der Waals surface area (Å²) in [6.07, 6.45) is 0. The minimum absolute atomic E-state index is 0.0907. The summed E-state index contributed by atoms with van der Waals surface area (Å²) in [5, 5.41) is 6.79. The number of rotatable bonds is 10. The molecule has 2 heterocycles. The monoisotopic (exact) mass is 594 g/mol. The van der Waals surface area contributed by atoms with Crippen molar-refractivity contribution in [3.8, 4) is 11.3 Å². The van der Waals surface area contributed by atoms with Gasteiger partial charge in [-0.1, -0.05) is 35.5 Å². The first-order valence-electron chi connectivity index (χ1n) is 12.6. The first-order valence-corrected chi connectivity index (χ1v) is 14.9. The molecule has 2 aromatic heterocycles. The Bertz CT molecular complexity index is 1450. The van der Waals surface area contributed by atoms with Gasteiger partial charge in [-0.3, -0.25) is 9.59 Å². The molecular weight excluding hydrogens is 564 g/mol. The van der Waals surface area contributed by atoms with Crippen LogP contribution in [0.15, 0.2) is 65.1 Å². The van der Waals surface area contributed by atoms with Crippen LogP contribution < -0.4 is 10.2 Å². The van der Waals surface area contributed by atoms with E-state index in [9.17, 15) is 9.59 Å². The molecular formula is C29H31ClN6O2S2. The van der Waals surface area contributed by atoms with E-state index < -0.39 is 6.04 Å². The molecule has 0 bridgehead atoms. The second kappa shape index (κ2) is 13.3. The molecule has 1 unspecified atom stereocenters. The highest BCUT2D eigenvalue weighted by molar-refractivity contribution is 7.99. The highest BCUT2D eigenvalue weighted by Gasteiger charge is 2.27. The summed E-state index contributed by atoms with van der Waals surface area (Å²) in [6, 6.07) is 16.1. The smallest absolute Gasteiger partial charge is 0.246 e. The highest BCUT2D eigenvalue weighted by Crippen LogP contribution is 2.26. The molecule has 1 atom stereocenters. The summed E-state index contributed by atoms with van der Waals surface area (Å²) in [5.41, 5.74) is 5.08. The highest BCUT2D eigenvalue weighted by atomic mass is 35.5. The van der Waals surface area contributed by atoms with Crippen molar-refractivity contribution in [3.63, 3.8) is 0 Å². The van der Waals surface area contributed by atoms with Gasteiger partial charge < -0.3 is 15.1 Å². The molecule has 208 valence electrons. The quantitative estimate of drug-likeness (QED) is 0.176. The van der Waals surface area contributed by atoms with Gasteiger partial charge in [-0.2, -0.15) is 0 Å². The molecule has 2 aromatic carbocycles. The topological polar surface area (TPSA) is 91.3 Å². The molecule has 0 aliphatic rings. The van der Waals surface area contributed by atoms with Crippen LogP contribution in [-0.4, -0.2) is 57.6 Å². The Balaban J connectivity index is 1.52. The number of carbonyl (C=O) groups excluding carboxylic acids is 2. The fourth-order valence-corrected chi connectivity index (χ4v) is 5.68. The van der Waals surface area contributed by atoms with Crippen LogP contribution in [0.25, 0.3) is 11.3 Å². The Morgan fingerprint density at radius 3 is 2.27 bits per heavy atom. The number of amides is 2. The average Bonchev–Trinajstić information content (AvgIpc) is 3.39. The van der Waals surface area contributed by atoms with Gasteiger partial charge in [0.15, 0.2) is 5.16 Å². The van der Waals surface area contributed by atoms with Crippen LogP contribution in [0, 0.1) is 13.8 Å². The molecule has 0 aliphatic heterocycles. The van der Waals surface area contributed by atoms with Crippen molar-refractivity contribution in [1.29, 1.82) is 0 Å². The summed E-state index contributed by atoms with van der Waals surface area (Å²) in [4.78, 5) is 44.0. The molecule has 8 nitrogen and oxygen atoms in total. The van der Waals surface area contributed by atoms with Gasteiger partial charge in [-0.25, -0.2) is 15.0 Å². The number of hydrogen-bond acceptors (Lipinski definition) is 8. The first kappa shape index (κ1) is 29.5. The van der Waals surface area contributed by atoms with Crippen LogP contribution in [0.4, 0.5) is 11.4 Å². The standard InChI is InChI=1S/C29H31ClN6O2S2/c1-18-14-19(2)32-29(31-18)40-17-27(37)36(15-26-34-25(16-39-26)21-6-8-22(30)9-7-21)20(3)28(38)33-23-10-12-24(13-11-23)35(4)5/h6-14,16,20H,15,17H2,1-5H3,(H,33,38). The molecule has 2 amide bonds. The molecule has 4 rings (SSSR count). The molecule has 40 heavy (non-hydrogen) atoms. The lowest BCUT2D eigenvalue weighted by Crippen LogP contribution is -2.46. The Labute approximate surface area is 247 Å². The molecule has 4 aromatic rings. The van der Waals surface area contributed by atoms with Gasteiger partial charge in [0.2, 0.25) is 11.8 Å². The SMILES string of the molecule is Cc1cc(C)nc(SCC(=O)N(Cc2nc(-c3ccc(Cl)cc3)cs2)C(C)C(=O)Nc2ccc(N(C)C)cc2)n1. The van der Waals surface area contributed by atoms with Gasteiger partial charge in [-0.05, 0) is 63.2 Å². The van der Waals surface area contributed by atoms with E-state index >= 15 is 0 Å². The maximum atomic E-state index is 13.5. The van der Waals surface area contributed by atoms with E-state index in [1.54, 1.807) is 11.8 Å². The molecule has 0 saturated carbocycles. The Kier molecular flexibility index (Phi) is 9.78. The lowest BCUT2D eigenvalue weighted by Gasteiger charge is -2.27. The molecule has 0 fully saturated rings. The molecule has 0 saturated heterocycles. The zero-order valence-electron chi connectivity index (χ0n) is 23.0. The van der Waals surface area contributed by atoms with Crippen molar-refractivity contribution in [3.05, 3.63) is 81.4 Å². The number of anilines is 2. The van der Waals surface area contributed by atoms with Crippen molar-refractivity contribution < 1.29 is 9.59 Å². The Hall–Kier alpha value is -3.47. The minimum Gasteiger partial charge on any atom is -0.378 e. The fraction of sp³-hybridized carbons (Fsp3) is 0.276. The van der Waals surface area contributed by atoms with Crippen LogP contribution in [0.2, 0.25) is 5.02 Å².